The number of halogens is 1. The van der Waals surface area contributed by atoms with E-state index in [0.29, 0.717) is 0 Å². The number of fused-ring (bicyclic) bond motifs is 1. The third-order valence-corrected chi connectivity index (χ3v) is 3.54. The van der Waals surface area contributed by atoms with Crippen LogP contribution in [0.25, 0.3) is 10.8 Å². The van der Waals surface area contributed by atoms with Gasteiger partial charge in [0, 0.05) is 21.8 Å². The molecule has 0 aromatic heterocycles. The van der Waals surface area contributed by atoms with Crippen molar-refractivity contribution in [3.63, 3.8) is 0 Å². The quantitative estimate of drug-likeness (QED) is 0.911. The van der Waals surface area contributed by atoms with Gasteiger partial charge in [-0.1, -0.05) is 42.8 Å². The predicted molar refractivity (Wildman–Crippen MR) is 77.5 cm³/mol. The van der Waals surface area contributed by atoms with Crippen LogP contribution in [0.2, 0.25) is 5.02 Å². The molecule has 0 saturated heterocycles. The minimum Gasteiger partial charge on any atom is -0.496 e. The molecule has 0 fully saturated rings. The lowest BCUT2D eigenvalue weighted by Crippen LogP contribution is -2.21. The van der Waals surface area contributed by atoms with E-state index in [1.165, 1.54) is 0 Å². The SMILES string of the molecule is CCC(N)Cc1cc(Cl)c2ccccc2c1OC. The van der Waals surface area contributed by atoms with Gasteiger partial charge in [-0.15, -0.1) is 0 Å². The second-order valence-corrected chi connectivity index (χ2v) is 4.88. The molecule has 0 saturated carbocycles. The lowest BCUT2D eigenvalue weighted by Gasteiger charge is -2.16. The van der Waals surface area contributed by atoms with E-state index in [9.17, 15) is 0 Å². The van der Waals surface area contributed by atoms with Crippen LogP contribution in [0.3, 0.4) is 0 Å². The summed E-state index contributed by atoms with van der Waals surface area (Å²) in [4.78, 5) is 0. The van der Waals surface area contributed by atoms with Crippen LogP contribution in [0, 0.1) is 0 Å². The monoisotopic (exact) mass is 263 g/mol. The van der Waals surface area contributed by atoms with Crippen molar-refractivity contribution in [2.24, 2.45) is 5.73 Å². The Balaban J connectivity index is 2.59. The summed E-state index contributed by atoms with van der Waals surface area (Å²) in [5.41, 5.74) is 7.10. The smallest absolute Gasteiger partial charge is 0.130 e. The molecule has 1 unspecified atom stereocenters. The zero-order valence-electron chi connectivity index (χ0n) is 10.7. The van der Waals surface area contributed by atoms with Crippen LogP contribution in [0.5, 0.6) is 5.75 Å². The zero-order valence-corrected chi connectivity index (χ0v) is 11.5. The topological polar surface area (TPSA) is 35.2 Å². The Morgan fingerprint density at radius 1 is 1.28 bits per heavy atom. The highest BCUT2D eigenvalue weighted by atomic mass is 35.5. The van der Waals surface area contributed by atoms with Gasteiger partial charge in [0.25, 0.3) is 0 Å². The lowest BCUT2D eigenvalue weighted by atomic mass is 9.99. The highest BCUT2D eigenvalue weighted by Gasteiger charge is 2.13. The molecule has 0 heterocycles. The first kappa shape index (κ1) is 13.2. The molecule has 1 atom stereocenters. The van der Waals surface area contributed by atoms with Crippen LogP contribution in [0.15, 0.2) is 30.3 Å². The fourth-order valence-corrected chi connectivity index (χ4v) is 2.47. The Kier molecular flexibility index (Phi) is 4.10. The number of benzene rings is 2. The van der Waals surface area contributed by atoms with Crippen LogP contribution >= 0.6 is 11.6 Å². The third-order valence-electron chi connectivity index (χ3n) is 3.23. The summed E-state index contributed by atoms with van der Waals surface area (Å²) in [5.74, 6) is 0.888. The maximum Gasteiger partial charge on any atom is 0.130 e. The van der Waals surface area contributed by atoms with Crippen LogP contribution in [0.1, 0.15) is 18.9 Å². The standard InChI is InChI=1S/C15H18ClNO/c1-3-11(17)8-10-9-14(16)12-6-4-5-7-13(12)15(10)18-2/h4-7,9,11H,3,8,17H2,1-2H3. The van der Waals surface area contributed by atoms with Gasteiger partial charge in [0.15, 0.2) is 0 Å². The first-order valence-electron chi connectivity index (χ1n) is 6.17. The van der Waals surface area contributed by atoms with Crippen molar-refractivity contribution in [3.05, 3.63) is 40.9 Å². The third kappa shape index (κ3) is 2.45. The van der Waals surface area contributed by atoms with Crippen LogP contribution < -0.4 is 10.5 Å². The summed E-state index contributed by atoms with van der Waals surface area (Å²) in [6.45, 7) is 2.08. The van der Waals surface area contributed by atoms with Crippen molar-refractivity contribution in [2.75, 3.05) is 7.11 Å². The van der Waals surface area contributed by atoms with E-state index < -0.39 is 0 Å². The molecule has 0 radical (unpaired) electrons. The van der Waals surface area contributed by atoms with E-state index in [2.05, 4.69) is 6.92 Å². The molecule has 0 aliphatic heterocycles. The summed E-state index contributed by atoms with van der Waals surface area (Å²) in [5, 5.41) is 2.82. The second-order valence-electron chi connectivity index (χ2n) is 4.47. The number of methoxy groups -OCH3 is 1. The maximum atomic E-state index is 6.32. The van der Waals surface area contributed by atoms with Crippen molar-refractivity contribution in [1.82, 2.24) is 0 Å². The van der Waals surface area contributed by atoms with Crippen molar-refractivity contribution in [1.29, 1.82) is 0 Å². The summed E-state index contributed by atoms with van der Waals surface area (Å²) in [6.07, 6.45) is 1.72. The number of rotatable bonds is 4. The molecule has 2 rings (SSSR count). The van der Waals surface area contributed by atoms with E-state index in [4.69, 9.17) is 22.1 Å². The minimum absolute atomic E-state index is 0.135. The van der Waals surface area contributed by atoms with Gasteiger partial charge in [0.05, 0.1) is 7.11 Å². The molecule has 2 N–H and O–H groups in total. The molecule has 0 amide bonds. The maximum absolute atomic E-state index is 6.32. The Morgan fingerprint density at radius 2 is 1.94 bits per heavy atom. The molecule has 18 heavy (non-hydrogen) atoms. The Morgan fingerprint density at radius 3 is 2.56 bits per heavy atom. The molecule has 2 aromatic rings. The molecule has 2 aromatic carbocycles. The fraction of sp³-hybridized carbons (Fsp3) is 0.333. The van der Waals surface area contributed by atoms with Crippen molar-refractivity contribution in [3.8, 4) is 5.75 Å². The fourth-order valence-electron chi connectivity index (χ4n) is 2.18. The molecule has 0 bridgehead atoms. The lowest BCUT2D eigenvalue weighted by molar-refractivity contribution is 0.412. The van der Waals surface area contributed by atoms with Crippen molar-refractivity contribution in [2.45, 2.75) is 25.8 Å². The molecule has 0 aliphatic rings. The molecule has 0 spiro atoms. The largest absolute Gasteiger partial charge is 0.496 e. The average molecular weight is 264 g/mol. The van der Waals surface area contributed by atoms with Crippen molar-refractivity contribution < 1.29 is 4.74 Å². The van der Waals surface area contributed by atoms with E-state index in [1.54, 1.807) is 7.11 Å². The van der Waals surface area contributed by atoms with Gasteiger partial charge in [0.2, 0.25) is 0 Å². The Bertz CT molecular complexity index is 553. The Labute approximate surface area is 113 Å². The predicted octanol–water partition coefficient (Wildman–Crippen LogP) is 3.78. The number of nitrogens with two attached hydrogens (primary N) is 1. The second kappa shape index (κ2) is 5.59. The Hall–Kier alpha value is -1.25. The summed E-state index contributed by atoms with van der Waals surface area (Å²) in [6, 6.07) is 10.1. The highest BCUT2D eigenvalue weighted by Crippen LogP contribution is 2.35. The van der Waals surface area contributed by atoms with E-state index >= 15 is 0 Å². The average Bonchev–Trinajstić information content (AvgIpc) is 2.39. The van der Waals surface area contributed by atoms with Gasteiger partial charge >= 0.3 is 0 Å². The first-order valence-corrected chi connectivity index (χ1v) is 6.54. The van der Waals surface area contributed by atoms with E-state index in [1.807, 2.05) is 30.3 Å². The molecular formula is C15H18ClNO. The molecule has 96 valence electrons. The van der Waals surface area contributed by atoms with Gasteiger partial charge in [-0.3, -0.25) is 0 Å². The van der Waals surface area contributed by atoms with Crippen LogP contribution in [-0.4, -0.2) is 13.2 Å². The van der Waals surface area contributed by atoms with E-state index in [-0.39, 0.29) is 6.04 Å². The van der Waals surface area contributed by atoms with Gasteiger partial charge in [-0.25, -0.2) is 0 Å². The first-order chi connectivity index (χ1) is 8.67. The summed E-state index contributed by atoms with van der Waals surface area (Å²) in [7, 11) is 1.69. The van der Waals surface area contributed by atoms with Gasteiger partial charge in [-0.2, -0.15) is 0 Å². The molecular weight excluding hydrogens is 246 g/mol. The number of hydrogen-bond donors (Lipinski definition) is 1. The number of ether oxygens (including phenoxy) is 1. The molecule has 0 aliphatic carbocycles. The molecule has 2 nitrogen and oxygen atoms in total. The summed E-state index contributed by atoms with van der Waals surface area (Å²) >= 11 is 6.32. The van der Waals surface area contributed by atoms with Crippen LogP contribution in [-0.2, 0) is 6.42 Å². The zero-order chi connectivity index (χ0) is 13.1. The summed E-state index contributed by atoms with van der Waals surface area (Å²) < 4.78 is 5.54. The van der Waals surface area contributed by atoms with Gasteiger partial charge < -0.3 is 10.5 Å². The normalized spacial score (nSPS) is 12.7. The highest BCUT2D eigenvalue weighted by molar-refractivity contribution is 6.35. The molecule has 3 heteroatoms. The number of hydrogen-bond acceptors (Lipinski definition) is 2. The van der Waals surface area contributed by atoms with Gasteiger partial charge in [0.1, 0.15) is 5.75 Å². The van der Waals surface area contributed by atoms with Crippen LogP contribution in [0.4, 0.5) is 0 Å². The van der Waals surface area contributed by atoms with Crippen molar-refractivity contribution >= 4 is 22.4 Å². The minimum atomic E-state index is 0.135. The van der Waals surface area contributed by atoms with Gasteiger partial charge in [-0.05, 0) is 24.5 Å². The van der Waals surface area contributed by atoms with E-state index in [0.717, 1.165) is 39.9 Å².